The van der Waals surface area contributed by atoms with Crippen molar-refractivity contribution in [3.63, 3.8) is 0 Å². The molecule has 0 amide bonds. The summed E-state index contributed by atoms with van der Waals surface area (Å²) in [7, 11) is 0. The van der Waals surface area contributed by atoms with Crippen LogP contribution < -0.4 is 0 Å². The van der Waals surface area contributed by atoms with Crippen molar-refractivity contribution < 1.29 is 0 Å². The van der Waals surface area contributed by atoms with Gasteiger partial charge >= 0.3 is 0 Å². The van der Waals surface area contributed by atoms with Gasteiger partial charge in [-0.2, -0.15) is 0 Å². The van der Waals surface area contributed by atoms with E-state index >= 15 is 0 Å². The second kappa shape index (κ2) is 6.51. The first kappa shape index (κ1) is 12.3. The van der Waals surface area contributed by atoms with E-state index in [1.54, 1.807) is 0 Å². The third-order valence-electron chi connectivity index (χ3n) is 2.74. The first-order chi connectivity index (χ1) is 8.40. The van der Waals surface area contributed by atoms with E-state index in [4.69, 9.17) is 0 Å². The summed E-state index contributed by atoms with van der Waals surface area (Å²) >= 11 is 1.86. The van der Waals surface area contributed by atoms with Gasteiger partial charge < -0.3 is 0 Å². The van der Waals surface area contributed by atoms with Gasteiger partial charge in [0.25, 0.3) is 0 Å². The maximum atomic E-state index is 2.25. The minimum Gasteiger partial charge on any atom is -0.0898 e. The zero-order valence-electron chi connectivity index (χ0n) is 10.2. The average Bonchev–Trinajstić information content (AvgIpc) is 2.39. The molecule has 88 valence electrons. The van der Waals surface area contributed by atoms with Crippen LogP contribution in [-0.2, 0) is 6.42 Å². The average molecular weight is 242 g/mol. The molecular formula is C16H18S. The third kappa shape index (κ3) is 3.64. The van der Waals surface area contributed by atoms with Crippen LogP contribution in [-0.4, -0.2) is 0 Å². The van der Waals surface area contributed by atoms with Gasteiger partial charge in [-0.25, -0.2) is 0 Å². The molecule has 0 radical (unpaired) electrons. The zero-order valence-corrected chi connectivity index (χ0v) is 11.0. The molecule has 2 aromatic rings. The highest BCUT2D eigenvalue weighted by Gasteiger charge is 2.02. The molecule has 2 rings (SSSR count). The lowest BCUT2D eigenvalue weighted by atomic mass is 10.1. The van der Waals surface area contributed by atoms with E-state index in [0.29, 0.717) is 0 Å². The molecule has 0 nitrogen and oxygen atoms in total. The molecule has 0 aromatic heterocycles. The van der Waals surface area contributed by atoms with E-state index in [-0.39, 0.29) is 0 Å². The van der Waals surface area contributed by atoms with E-state index in [2.05, 4.69) is 61.5 Å². The highest BCUT2D eigenvalue weighted by Crippen LogP contribution is 2.30. The summed E-state index contributed by atoms with van der Waals surface area (Å²) in [6, 6.07) is 19.3. The molecule has 1 heteroatoms. The lowest BCUT2D eigenvalue weighted by Crippen LogP contribution is -1.87. The molecule has 0 aliphatic heterocycles. The summed E-state index contributed by atoms with van der Waals surface area (Å²) < 4.78 is 0. The van der Waals surface area contributed by atoms with Crippen molar-refractivity contribution in [2.45, 2.75) is 36.0 Å². The molecule has 0 atom stereocenters. The Bertz CT molecular complexity index is 448. The fraction of sp³-hybridized carbons (Fsp3) is 0.250. The Balaban J connectivity index is 2.15. The quantitative estimate of drug-likeness (QED) is 0.696. The van der Waals surface area contributed by atoms with E-state index in [1.165, 1.54) is 34.6 Å². The van der Waals surface area contributed by atoms with Crippen molar-refractivity contribution in [3.05, 3.63) is 60.2 Å². The van der Waals surface area contributed by atoms with Crippen molar-refractivity contribution in [2.75, 3.05) is 0 Å². The molecule has 0 fully saturated rings. The summed E-state index contributed by atoms with van der Waals surface area (Å²) in [5, 5.41) is 0. The van der Waals surface area contributed by atoms with Crippen LogP contribution in [0.5, 0.6) is 0 Å². The number of hydrogen-bond donors (Lipinski definition) is 0. The van der Waals surface area contributed by atoms with Crippen LogP contribution in [0.25, 0.3) is 0 Å². The van der Waals surface area contributed by atoms with Gasteiger partial charge in [-0.1, -0.05) is 61.5 Å². The fourth-order valence-corrected chi connectivity index (χ4v) is 2.79. The van der Waals surface area contributed by atoms with Gasteiger partial charge in [0.2, 0.25) is 0 Å². The van der Waals surface area contributed by atoms with Crippen LogP contribution in [0.1, 0.15) is 25.3 Å². The van der Waals surface area contributed by atoms with Gasteiger partial charge in [0.1, 0.15) is 0 Å². The van der Waals surface area contributed by atoms with Gasteiger partial charge in [-0.3, -0.25) is 0 Å². The summed E-state index contributed by atoms with van der Waals surface area (Å²) in [4.78, 5) is 2.71. The highest BCUT2D eigenvalue weighted by atomic mass is 32.2. The van der Waals surface area contributed by atoms with Crippen molar-refractivity contribution in [1.29, 1.82) is 0 Å². The number of aryl methyl sites for hydroxylation is 1. The summed E-state index contributed by atoms with van der Waals surface area (Å²) in [5.41, 5.74) is 1.48. The Morgan fingerprint density at radius 3 is 2.35 bits per heavy atom. The molecule has 0 saturated carbocycles. The lowest BCUT2D eigenvalue weighted by molar-refractivity contribution is 0.785. The number of rotatable bonds is 5. The minimum atomic E-state index is 1.19. The molecule has 0 aliphatic rings. The second-order valence-corrected chi connectivity index (χ2v) is 5.24. The molecular weight excluding hydrogens is 224 g/mol. The molecule has 17 heavy (non-hydrogen) atoms. The zero-order chi connectivity index (χ0) is 11.9. The fourth-order valence-electron chi connectivity index (χ4n) is 1.79. The van der Waals surface area contributed by atoms with Crippen molar-refractivity contribution >= 4 is 11.8 Å². The minimum absolute atomic E-state index is 1.19. The summed E-state index contributed by atoms with van der Waals surface area (Å²) in [6.45, 7) is 2.24. The monoisotopic (exact) mass is 242 g/mol. The van der Waals surface area contributed by atoms with Gasteiger partial charge in [0.05, 0.1) is 0 Å². The Labute approximate surface area is 108 Å². The van der Waals surface area contributed by atoms with Crippen molar-refractivity contribution in [2.24, 2.45) is 0 Å². The molecule has 0 bridgehead atoms. The Morgan fingerprint density at radius 2 is 1.59 bits per heavy atom. The smallest absolute Gasteiger partial charge is 0.0154 e. The Kier molecular flexibility index (Phi) is 4.69. The van der Waals surface area contributed by atoms with Crippen LogP contribution in [0.15, 0.2) is 64.4 Å². The first-order valence-corrected chi connectivity index (χ1v) is 7.02. The summed E-state index contributed by atoms with van der Waals surface area (Å²) in [6.07, 6.45) is 3.71. The maximum absolute atomic E-state index is 2.25. The van der Waals surface area contributed by atoms with Crippen LogP contribution in [0, 0.1) is 0 Å². The van der Waals surface area contributed by atoms with Gasteiger partial charge in [-0.15, -0.1) is 0 Å². The molecule has 0 aliphatic carbocycles. The van der Waals surface area contributed by atoms with Crippen LogP contribution in [0.2, 0.25) is 0 Å². The molecule has 0 spiro atoms. The number of benzene rings is 2. The standard InChI is InChI=1S/C16H18S/c1-2-3-9-14-10-7-8-13-16(14)17-15-11-5-4-6-12-15/h4-8,10-13H,2-3,9H2,1H3. The van der Waals surface area contributed by atoms with Crippen molar-refractivity contribution in [3.8, 4) is 0 Å². The molecule has 0 N–H and O–H groups in total. The van der Waals surface area contributed by atoms with Gasteiger partial charge in [0, 0.05) is 9.79 Å². The van der Waals surface area contributed by atoms with Crippen molar-refractivity contribution in [1.82, 2.24) is 0 Å². The number of unbranched alkanes of at least 4 members (excludes halogenated alkanes) is 1. The van der Waals surface area contributed by atoms with E-state index in [0.717, 1.165) is 0 Å². The Hall–Kier alpha value is -1.21. The summed E-state index contributed by atoms with van der Waals surface area (Å²) in [5.74, 6) is 0. The highest BCUT2D eigenvalue weighted by molar-refractivity contribution is 7.99. The Morgan fingerprint density at radius 1 is 0.882 bits per heavy atom. The van der Waals surface area contributed by atoms with Gasteiger partial charge in [-0.05, 0) is 36.6 Å². The molecule has 2 aromatic carbocycles. The SMILES string of the molecule is CCCCc1ccccc1Sc1ccccc1. The van der Waals surface area contributed by atoms with E-state index < -0.39 is 0 Å². The second-order valence-electron chi connectivity index (χ2n) is 4.13. The largest absolute Gasteiger partial charge is 0.0898 e. The van der Waals surface area contributed by atoms with Crippen LogP contribution in [0.4, 0.5) is 0 Å². The normalized spacial score (nSPS) is 10.4. The molecule has 0 heterocycles. The third-order valence-corrected chi connectivity index (χ3v) is 3.87. The number of hydrogen-bond acceptors (Lipinski definition) is 1. The topological polar surface area (TPSA) is 0 Å². The predicted molar refractivity (Wildman–Crippen MR) is 75.6 cm³/mol. The van der Waals surface area contributed by atoms with Gasteiger partial charge in [0.15, 0.2) is 0 Å². The molecule has 0 unspecified atom stereocenters. The lowest BCUT2D eigenvalue weighted by Gasteiger charge is -2.08. The van der Waals surface area contributed by atoms with E-state index in [9.17, 15) is 0 Å². The van der Waals surface area contributed by atoms with E-state index in [1.807, 2.05) is 11.8 Å². The maximum Gasteiger partial charge on any atom is 0.0154 e. The predicted octanol–water partition coefficient (Wildman–Crippen LogP) is 5.18. The molecule has 0 saturated heterocycles. The first-order valence-electron chi connectivity index (χ1n) is 6.21. The van der Waals surface area contributed by atoms with Crippen LogP contribution >= 0.6 is 11.8 Å². The van der Waals surface area contributed by atoms with Crippen LogP contribution in [0.3, 0.4) is 0 Å².